The van der Waals surface area contributed by atoms with Gasteiger partial charge in [0, 0.05) is 10.9 Å². The SMILES string of the molecule is CC(C)(N)C(=O)Nc1nc(-c2ccc3c(c2)OCCO3)cs1.Cl. The normalized spacial score (nSPS) is 13.2. The summed E-state index contributed by atoms with van der Waals surface area (Å²) in [6, 6.07) is 5.67. The zero-order valence-electron chi connectivity index (χ0n) is 12.8. The van der Waals surface area contributed by atoms with Crippen molar-refractivity contribution in [3.8, 4) is 22.8 Å². The van der Waals surface area contributed by atoms with Gasteiger partial charge in [-0.15, -0.1) is 23.7 Å². The first-order chi connectivity index (χ1) is 10.4. The van der Waals surface area contributed by atoms with Gasteiger partial charge in [-0.3, -0.25) is 4.79 Å². The van der Waals surface area contributed by atoms with E-state index in [4.69, 9.17) is 15.2 Å². The number of carbonyl (C=O) groups is 1. The molecule has 2 heterocycles. The van der Waals surface area contributed by atoms with Crippen LogP contribution in [-0.4, -0.2) is 29.6 Å². The molecular formula is C15H18ClN3O3S. The van der Waals surface area contributed by atoms with Gasteiger partial charge < -0.3 is 20.5 Å². The molecule has 6 nitrogen and oxygen atoms in total. The van der Waals surface area contributed by atoms with E-state index in [1.807, 2.05) is 23.6 Å². The Balaban J connectivity index is 0.00000192. The van der Waals surface area contributed by atoms with Crippen molar-refractivity contribution < 1.29 is 14.3 Å². The molecule has 124 valence electrons. The van der Waals surface area contributed by atoms with Crippen molar-refractivity contribution in [1.82, 2.24) is 4.98 Å². The highest BCUT2D eigenvalue weighted by molar-refractivity contribution is 7.14. The number of anilines is 1. The van der Waals surface area contributed by atoms with Crippen molar-refractivity contribution in [2.45, 2.75) is 19.4 Å². The molecule has 1 aliphatic rings. The summed E-state index contributed by atoms with van der Waals surface area (Å²) in [6.45, 7) is 4.41. The molecule has 0 fully saturated rings. The van der Waals surface area contributed by atoms with Gasteiger partial charge in [0.1, 0.15) is 13.2 Å². The third-order valence-corrected chi connectivity index (χ3v) is 3.91. The van der Waals surface area contributed by atoms with Crippen molar-refractivity contribution in [3.05, 3.63) is 23.6 Å². The van der Waals surface area contributed by atoms with Crippen LogP contribution in [0, 0.1) is 0 Å². The number of nitrogens with zero attached hydrogens (tertiary/aromatic N) is 1. The molecule has 0 spiro atoms. The molecule has 3 N–H and O–H groups in total. The summed E-state index contributed by atoms with van der Waals surface area (Å²) in [6.07, 6.45) is 0. The number of thiazole rings is 1. The number of halogens is 1. The van der Waals surface area contributed by atoms with Gasteiger partial charge in [0.15, 0.2) is 16.6 Å². The van der Waals surface area contributed by atoms with Crippen molar-refractivity contribution in [2.24, 2.45) is 5.73 Å². The van der Waals surface area contributed by atoms with Gasteiger partial charge in [0.25, 0.3) is 0 Å². The minimum absolute atomic E-state index is 0. The van der Waals surface area contributed by atoms with Crippen LogP contribution in [0.2, 0.25) is 0 Å². The maximum absolute atomic E-state index is 11.9. The highest BCUT2D eigenvalue weighted by atomic mass is 35.5. The van der Waals surface area contributed by atoms with E-state index in [0.29, 0.717) is 24.1 Å². The Kier molecular flexibility index (Phi) is 5.13. The van der Waals surface area contributed by atoms with Gasteiger partial charge in [-0.05, 0) is 32.0 Å². The van der Waals surface area contributed by atoms with Gasteiger partial charge in [-0.1, -0.05) is 0 Å². The van der Waals surface area contributed by atoms with Crippen molar-refractivity contribution >= 4 is 34.8 Å². The lowest BCUT2D eigenvalue weighted by Gasteiger charge is -2.18. The van der Waals surface area contributed by atoms with E-state index >= 15 is 0 Å². The zero-order chi connectivity index (χ0) is 15.7. The molecule has 0 bridgehead atoms. The van der Waals surface area contributed by atoms with E-state index in [9.17, 15) is 4.79 Å². The van der Waals surface area contributed by atoms with E-state index in [1.165, 1.54) is 11.3 Å². The van der Waals surface area contributed by atoms with Crippen LogP contribution in [0.3, 0.4) is 0 Å². The molecular weight excluding hydrogens is 338 g/mol. The fourth-order valence-corrected chi connectivity index (χ4v) is 2.64. The average molecular weight is 356 g/mol. The number of carbonyl (C=O) groups excluding carboxylic acids is 1. The second-order valence-electron chi connectivity index (χ2n) is 5.57. The summed E-state index contributed by atoms with van der Waals surface area (Å²) in [5.74, 6) is 1.18. The fourth-order valence-electron chi connectivity index (χ4n) is 1.92. The number of hydrogen-bond acceptors (Lipinski definition) is 6. The lowest BCUT2D eigenvalue weighted by atomic mass is 10.1. The summed E-state index contributed by atoms with van der Waals surface area (Å²) in [5, 5.41) is 5.12. The summed E-state index contributed by atoms with van der Waals surface area (Å²) >= 11 is 1.36. The second kappa shape index (κ2) is 6.74. The van der Waals surface area contributed by atoms with Crippen molar-refractivity contribution in [2.75, 3.05) is 18.5 Å². The van der Waals surface area contributed by atoms with Crippen LogP contribution in [-0.2, 0) is 4.79 Å². The first kappa shape index (κ1) is 17.5. The van der Waals surface area contributed by atoms with Crippen molar-refractivity contribution in [3.63, 3.8) is 0 Å². The van der Waals surface area contributed by atoms with E-state index in [2.05, 4.69) is 10.3 Å². The zero-order valence-corrected chi connectivity index (χ0v) is 14.4. The summed E-state index contributed by atoms with van der Waals surface area (Å²) in [7, 11) is 0. The molecule has 1 aromatic carbocycles. The number of fused-ring (bicyclic) bond motifs is 1. The molecule has 1 aromatic heterocycles. The number of benzene rings is 1. The van der Waals surface area contributed by atoms with Gasteiger partial charge in [0.2, 0.25) is 5.91 Å². The molecule has 0 radical (unpaired) electrons. The Hall–Kier alpha value is -1.83. The second-order valence-corrected chi connectivity index (χ2v) is 6.43. The van der Waals surface area contributed by atoms with Crippen LogP contribution >= 0.6 is 23.7 Å². The number of ether oxygens (including phenoxy) is 2. The van der Waals surface area contributed by atoms with E-state index < -0.39 is 5.54 Å². The third kappa shape index (κ3) is 3.93. The molecule has 0 aliphatic carbocycles. The fraction of sp³-hybridized carbons (Fsp3) is 0.333. The average Bonchev–Trinajstić information content (AvgIpc) is 2.94. The van der Waals surface area contributed by atoms with E-state index in [1.54, 1.807) is 13.8 Å². The van der Waals surface area contributed by atoms with Crippen LogP contribution in [0.5, 0.6) is 11.5 Å². The molecule has 3 rings (SSSR count). The summed E-state index contributed by atoms with van der Waals surface area (Å²) in [4.78, 5) is 16.3. The lowest BCUT2D eigenvalue weighted by molar-refractivity contribution is -0.120. The van der Waals surface area contributed by atoms with Gasteiger partial charge in [-0.25, -0.2) is 4.98 Å². The summed E-state index contributed by atoms with van der Waals surface area (Å²) < 4.78 is 11.1. The first-order valence-corrected chi connectivity index (χ1v) is 7.77. The Morgan fingerprint density at radius 1 is 1.30 bits per heavy atom. The Labute approximate surface area is 144 Å². The van der Waals surface area contributed by atoms with Crippen LogP contribution in [0.4, 0.5) is 5.13 Å². The molecule has 0 atom stereocenters. The molecule has 8 heteroatoms. The lowest BCUT2D eigenvalue weighted by Crippen LogP contribution is -2.45. The van der Waals surface area contributed by atoms with Crippen LogP contribution in [0.25, 0.3) is 11.3 Å². The van der Waals surface area contributed by atoms with Crippen LogP contribution < -0.4 is 20.5 Å². The number of nitrogens with two attached hydrogens (primary N) is 1. The van der Waals surface area contributed by atoms with Gasteiger partial charge in [-0.2, -0.15) is 0 Å². The Morgan fingerprint density at radius 2 is 2.00 bits per heavy atom. The number of nitrogens with one attached hydrogen (secondary N) is 1. The third-order valence-electron chi connectivity index (χ3n) is 3.15. The summed E-state index contributed by atoms with van der Waals surface area (Å²) in [5.41, 5.74) is 6.49. The highest BCUT2D eigenvalue weighted by Gasteiger charge is 2.23. The molecule has 1 aliphatic heterocycles. The van der Waals surface area contributed by atoms with Crippen LogP contribution in [0.1, 0.15) is 13.8 Å². The number of rotatable bonds is 3. The molecule has 0 unspecified atom stereocenters. The van der Waals surface area contributed by atoms with Crippen LogP contribution in [0.15, 0.2) is 23.6 Å². The number of hydrogen-bond donors (Lipinski definition) is 2. The number of aromatic nitrogens is 1. The standard InChI is InChI=1S/C15H17N3O3S.ClH/c1-15(2,16)13(19)18-14-17-10(8-22-14)9-3-4-11-12(7-9)21-6-5-20-11;/h3-4,7-8H,5-6,16H2,1-2H3,(H,17,18,19);1H. The maximum Gasteiger partial charge on any atom is 0.245 e. The van der Waals surface area contributed by atoms with Gasteiger partial charge >= 0.3 is 0 Å². The number of amides is 1. The quantitative estimate of drug-likeness (QED) is 0.884. The topological polar surface area (TPSA) is 86.5 Å². The van der Waals surface area contributed by atoms with Crippen molar-refractivity contribution in [1.29, 1.82) is 0 Å². The Bertz CT molecular complexity index is 712. The maximum atomic E-state index is 11.9. The van der Waals surface area contributed by atoms with E-state index in [-0.39, 0.29) is 18.3 Å². The molecule has 1 amide bonds. The smallest absolute Gasteiger partial charge is 0.245 e. The molecule has 2 aromatic rings. The molecule has 0 saturated heterocycles. The predicted molar refractivity (Wildman–Crippen MR) is 92.7 cm³/mol. The monoisotopic (exact) mass is 355 g/mol. The highest BCUT2D eigenvalue weighted by Crippen LogP contribution is 2.35. The van der Waals surface area contributed by atoms with Gasteiger partial charge in [0.05, 0.1) is 11.2 Å². The molecule has 0 saturated carbocycles. The first-order valence-electron chi connectivity index (χ1n) is 6.89. The van der Waals surface area contributed by atoms with E-state index in [0.717, 1.165) is 17.0 Å². The predicted octanol–water partition coefficient (Wildman–Crippen LogP) is 2.68. The molecule has 23 heavy (non-hydrogen) atoms. The largest absolute Gasteiger partial charge is 0.486 e. The minimum atomic E-state index is -0.942. The minimum Gasteiger partial charge on any atom is -0.486 e. The Morgan fingerprint density at radius 3 is 2.70 bits per heavy atom.